The minimum absolute atomic E-state index is 0.0529. The third-order valence-electron chi connectivity index (χ3n) is 2.22. The van der Waals surface area contributed by atoms with E-state index in [0.717, 1.165) is 30.5 Å². The molecule has 0 aliphatic heterocycles. The second-order valence-electron chi connectivity index (χ2n) is 3.56. The lowest BCUT2D eigenvalue weighted by atomic mass is 10.2. The Morgan fingerprint density at radius 1 is 1.16 bits per heavy atom. The first-order chi connectivity index (χ1) is 8.97. The van der Waals surface area contributed by atoms with Crippen LogP contribution in [-0.4, -0.2) is 10.9 Å². The van der Waals surface area contributed by atoms with Crippen LogP contribution >= 0.6 is 15.9 Å². The summed E-state index contributed by atoms with van der Waals surface area (Å²) in [7, 11) is 0. The zero-order valence-electron chi connectivity index (χ0n) is 9.25. The van der Waals surface area contributed by atoms with Gasteiger partial charge in [0.25, 0.3) is 5.91 Å². The van der Waals surface area contributed by atoms with Crippen LogP contribution in [0.1, 0.15) is 10.5 Å². The largest absolute Gasteiger partial charge is 0.318 e. The van der Waals surface area contributed by atoms with E-state index < -0.39 is 23.4 Å². The van der Waals surface area contributed by atoms with Gasteiger partial charge in [0.1, 0.15) is 23.1 Å². The molecule has 19 heavy (non-hydrogen) atoms. The van der Waals surface area contributed by atoms with Crippen molar-refractivity contribution in [2.75, 3.05) is 5.32 Å². The molecular formula is C12H6BrF3N2O. The van der Waals surface area contributed by atoms with E-state index in [1.807, 2.05) is 0 Å². The smallest absolute Gasteiger partial charge is 0.274 e. The molecule has 0 saturated carbocycles. The van der Waals surface area contributed by atoms with Crippen molar-refractivity contribution in [1.29, 1.82) is 0 Å². The number of hydrogen-bond acceptors (Lipinski definition) is 2. The maximum Gasteiger partial charge on any atom is 0.274 e. The van der Waals surface area contributed by atoms with Crippen LogP contribution in [0, 0.1) is 17.5 Å². The molecule has 1 amide bonds. The highest BCUT2D eigenvalue weighted by molar-refractivity contribution is 9.10. The van der Waals surface area contributed by atoms with E-state index in [1.165, 1.54) is 0 Å². The van der Waals surface area contributed by atoms with Gasteiger partial charge in [0, 0.05) is 6.07 Å². The van der Waals surface area contributed by atoms with Gasteiger partial charge in [-0.05, 0) is 34.1 Å². The van der Waals surface area contributed by atoms with Gasteiger partial charge in [-0.15, -0.1) is 0 Å². The minimum Gasteiger partial charge on any atom is -0.318 e. The van der Waals surface area contributed by atoms with Crippen LogP contribution in [0.4, 0.5) is 18.9 Å². The molecule has 1 aromatic carbocycles. The van der Waals surface area contributed by atoms with Crippen LogP contribution in [0.3, 0.4) is 0 Å². The Labute approximate surface area is 114 Å². The fourth-order valence-electron chi connectivity index (χ4n) is 1.31. The standard InChI is InChI=1S/C12H6BrF3N2O/c13-7-3-9(16)11(4-8(7)15)18-12(19)10-2-1-6(14)5-17-10/h1-5H,(H,18,19). The molecule has 0 bridgehead atoms. The average molecular weight is 331 g/mol. The monoisotopic (exact) mass is 330 g/mol. The molecule has 2 aromatic rings. The topological polar surface area (TPSA) is 42.0 Å². The number of aromatic nitrogens is 1. The first-order valence-electron chi connectivity index (χ1n) is 5.05. The Kier molecular flexibility index (Phi) is 3.84. The van der Waals surface area contributed by atoms with Crippen molar-refractivity contribution >= 4 is 27.5 Å². The molecule has 2 rings (SSSR count). The van der Waals surface area contributed by atoms with Gasteiger partial charge in [0.2, 0.25) is 0 Å². The number of carbonyl (C=O) groups excluding carboxylic acids is 1. The molecule has 0 aliphatic rings. The summed E-state index contributed by atoms with van der Waals surface area (Å²) in [5, 5.41) is 2.15. The number of nitrogens with zero attached hydrogens (tertiary/aromatic N) is 1. The van der Waals surface area contributed by atoms with Gasteiger partial charge in [-0.2, -0.15) is 0 Å². The molecule has 1 N–H and O–H groups in total. The second-order valence-corrected chi connectivity index (χ2v) is 4.42. The highest BCUT2D eigenvalue weighted by Crippen LogP contribution is 2.23. The number of anilines is 1. The van der Waals surface area contributed by atoms with E-state index in [-0.39, 0.29) is 15.9 Å². The van der Waals surface area contributed by atoms with Crippen molar-refractivity contribution in [3.8, 4) is 0 Å². The van der Waals surface area contributed by atoms with Gasteiger partial charge in [0.05, 0.1) is 16.4 Å². The summed E-state index contributed by atoms with van der Waals surface area (Å²) >= 11 is 2.82. The number of carbonyl (C=O) groups is 1. The number of hydrogen-bond donors (Lipinski definition) is 1. The van der Waals surface area contributed by atoms with Crippen molar-refractivity contribution in [1.82, 2.24) is 4.98 Å². The van der Waals surface area contributed by atoms with E-state index in [2.05, 4.69) is 26.2 Å². The molecule has 0 saturated heterocycles. The SMILES string of the molecule is O=C(Nc1cc(F)c(Br)cc1F)c1ccc(F)cn1. The third kappa shape index (κ3) is 3.11. The summed E-state index contributed by atoms with van der Waals surface area (Å²) < 4.78 is 39.3. The van der Waals surface area contributed by atoms with Crippen LogP contribution in [0.25, 0.3) is 0 Å². The summed E-state index contributed by atoms with van der Waals surface area (Å²) in [6.07, 6.45) is 0.855. The van der Waals surface area contributed by atoms with Crippen molar-refractivity contribution in [3.63, 3.8) is 0 Å². The van der Waals surface area contributed by atoms with Crippen LogP contribution in [-0.2, 0) is 0 Å². The zero-order chi connectivity index (χ0) is 14.0. The summed E-state index contributed by atoms with van der Waals surface area (Å²) in [6.45, 7) is 0. The Bertz CT molecular complexity index is 632. The van der Waals surface area contributed by atoms with E-state index in [0.29, 0.717) is 0 Å². The van der Waals surface area contributed by atoms with Crippen LogP contribution in [0.2, 0.25) is 0 Å². The molecule has 0 unspecified atom stereocenters. The fraction of sp³-hybridized carbons (Fsp3) is 0. The zero-order valence-corrected chi connectivity index (χ0v) is 10.8. The van der Waals surface area contributed by atoms with Crippen molar-refractivity contribution in [2.45, 2.75) is 0 Å². The first-order valence-corrected chi connectivity index (χ1v) is 5.84. The van der Waals surface area contributed by atoms with E-state index >= 15 is 0 Å². The molecule has 1 heterocycles. The van der Waals surface area contributed by atoms with E-state index in [1.54, 1.807) is 0 Å². The number of benzene rings is 1. The molecule has 7 heteroatoms. The first kappa shape index (κ1) is 13.5. The lowest BCUT2D eigenvalue weighted by Gasteiger charge is -2.07. The lowest BCUT2D eigenvalue weighted by molar-refractivity contribution is 0.102. The highest BCUT2D eigenvalue weighted by atomic mass is 79.9. The Balaban J connectivity index is 2.24. The second kappa shape index (κ2) is 5.40. The molecule has 1 aromatic heterocycles. The average Bonchev–Trinajstić information content (AvgIpc) is 2.36. The Morgan fingerprint density at radius 2 is 1.89 bits per heavy atom. The molecule has 98 valence electrons. The quantitative estimate of drug-likeness (QED) is 0.856. The lowest BCUT2D eigenvalue weighted by Crippen LogP contribution is -2.14. The molecule has 0 radical (unpaired) electrons. The van der Waals surface area contributed by atoms with Gasteiger partial charge in [0.15, 0.2) is 0 Å². The summed E-state index contributed by atoms with van der Waals surface area (Å²) in [5.41, 5.74) is -0.430. The summed E-state index contributed by atoms with van der Waals surface area (Å²) in [5.74, 6) is -2.88. The van der Waals surface area contributed by atoms with Crippen LogP contribution in [0.5, 0.6) is 0 Å². The summed E-state index contributed by atoms with van der Waals surface area (Å²) in [6, 6.07) is 3.90. The van der Waals surface area contributed by atoms with Crippen LogP contribution < -0.4 is 5.32 Å². The molecule has 0 fully saturated rings. The predicted octanol–water partition coefficient (Wildman–Crippen LogP) is 3.51. The number of rotatable bonds is 2. The molecule has 0 atom stereocenters. The van der Waals surface area contributed by atoms with E-state index in [9.17, 15) is 18.0 Å². The van der Waals surface area contributed by atoms with Gasteiger partial charge in [-0.1, -0.05) is 0 Å². The maximum atomic E-state index is 13.5. The number of amides is 1. The number of nitrogens with one attached hydrogen (secondary N) is 1. The fourth-order valence-corrected chi connectivity index (χ4v) is 1.63. The van der Waals surface area contributed by atoms with Crippen LogP contribution in [0.15, 0.2) is 34.9 Å². The third-order valence-corrected chi connectivity index (χ3v) is 2.83. The minimum atomic E-state index is -0.802. The maximum absolute atomic E-state index is 13.5. The molecule has 0 aliphatic carbocycles. The Morgan fingerprint density at radius 3 is 2.53 bits per heavy atom. The van der Waals surface area contributed by atoms with Crippen molar-refractivity contribution in [2.24, 2.45) is 0 Å². The molecular weight excluding hydrogens is 325 g/mol. The number of pyridine rings is 1. The van der Waals surface area contributed by atoms with Gasteiger partial charge >= 0.3 is 0 Å². The van der Waals surface area contributed by atoms with Gasteiger partial charge in [-0.25, -0.2) is 18.2 Å². The molecule has 3 nitrogen and oxygen atoms in total. The van der Waals surface area contributed by atoms with Crippen molar-refractivity contribution in [3.05, 3.63) is 58.1 Å². The van der Waals surface area contributed by atoms with Crippen molar-refractivity contribution < 1.29 is 18.0 Å². The normalized spacial score (nSPS) is 10.3. The molecule has 0 spiro atoms. The van der Waals surface area contributed by atoms with E-state index in [4.69, 9.17) is 0 Å². The highest BCUT2D eigenvalue weighted by Gasteiger charge is 2.13. The summed E-state index contributed by atoms with van der Waals surface area (Å²) in [4.78, 5) is 15.2. The van der Waals surface area contributed by atoms with Gasteiger partial charge in [-0.3, -0.25) is 4.79 Å². The number of halogens is 4. The Hall–Kier alpha value is -1.89. The van der Waals surface area contributed by atoms with Gasteiger partial charge < -0.3 is 5.32 Å². The predicted molar refractivity (Wildman–Crippen MR) is 66.2 cm³/mol.